The minimum atomic E-state index is -0.696. The van der Waals surface area contributed by atoms with Crippen LogP contribution in [0.15, 0.2) is 48.0 Å². The van der Waals surface area contributed by atoms with Crippen LogP contribution in [0.5, 0.6) is 5.75 Å². The number of amides is 1. The Labute approximate surface area is 171 Å². The van der Waals surface area contributed by atoms with Crippen LogP contribution in [-0.2, 0) is 15.0 Å². The predicted molar refractivity (Wildman–Crippen MR) is 113 cm³/mol. The first-order chi connectivity index (χ1) is 13.6. The van der Waals surface area contributed by atoms with E-state index in [9.17, 15) is 14.7 Å². The number of Topliss-reactive ketones (excluding diaryl/α,β-unsaturated/α-hetero) is 1. The first-order valence-electron chi connectivity index (χ1n) is 9.56. The number of nitrogens with zero attached hydrogens (tertiary/aromatic N) is 1. The Kier molecular flexibility index (Phi) is 5.26. The summed E-state index contributed by atoms with van der Waals surface area (Å²) in [5.74, 6) is -1.11. The molecule has 1 N–H and O–H groups in total. The highest BCUT2D eigenvalue weighted by atomic mass is 16.5. The van der Waals surface area contributed by atoms with Crippen molar-refractivity contribution in [3.05, 3.63) is 70.3 Å². The molecule has 5 heteroatoms. The quantitative estimate of drug-likeness (QED) is 0.478. The third kappa shape index (κ3) is 3.65. The van der Waals surface area contributed by atoms with E-state index in [2.05, 4.69) is 20.8 Å². The maximum absolute atomic E-state index is 12.8. The van der Waals surface area contributed by atoms with Crippen molar-refractivity contribution in [2.24, 2.45) is 0 Å². The number of likely N-dealkylation sites (tertiary alicyclic amines) is 1. The molecule has 152 valence electrons. The van der Waals surface area contributed by atoms with E-state index in [0.717, 1.165) is 16.7 Å². The number of methoxy groups -OCH3 is 1. The van der Waals surface area contributed by atoms with Crippen molar-refractivity contribution in [1.29, 1.82) is 0 Å². The van der Waals surface area contributed by atoms with Crippen LogP contribution >= 0.6 is 0 Å². The number of ether oxygens (including phenoxy) is 1. The highest BCUT2D eigenvalue weighted by Crippen LogP contribution is 2.40. The molecule has 1 saturated heterocycles. The monoisotopic (exact) mass is 393 g/mol. The Bertz CT molecular complexity index is 997. The van der Waals surface area contributed by atoms with Gasteiger partial charge in [-0.25, -0.2) is 0 Å². The van der Waals surface area contributed by atoms with Crippen molar-refractivity contribution in [3.8, 4) is 5.75 Å². The van der Waals surface area contributed by atoms with Gasteiger partial charge in [0.25, 0.3) is 11.7 Å². The number of ketones is 1. The summed E-state index contributed by atoms with van der Waals surface area (Å²) in [6.07, 6.45) is 0. The molecule has 2 aromatic rings. The van der Waals surface area contributed by atoms with Gasteiger partial charge in [-0.1, -0.05) is 56.7 Å². The van der Waals surface area contributed by atoms with Crippen molar-refractivity contribution in [1.82, 2.24) is 4.90 Å². The number of rotatable bonds is 3. The van der Waals surface area contributed by atoms with Gasteiger partial charge in [-0.2, -0.15) is 0 Å². The van der Waals surface area contributed by atoms with Gasteiger partial charge in [-0.3, -0.25) is 9.59 Å². The lowest BCUT2D eigenvalue weighted by atomic mass is 9.85. The largest absolute Gasteiger partial charge is 0.507 e. The molecule has 0 bridgehead atoms. The highest BCUT2D eigenvalue weighted by Gasteiger charge is 2.44. The summed E-state index contributed by atoms with van der Waals surface area (Å²) in [6.45, 7) is 8.26. The number of carbonyl (C=O) groups is 2. The average Bonchev–Trinajstić information content (AvgIpc) is 2.90. The molecule has 1 atom stereocenters. The van der Waals surface area contributed by atoms with E-state index in [4.69, 9.17) is 4.74 Å². The number of benzene rings is 2. The molecular formula is C24H27NO4. The highest BCUT2D eigenvalue weighted by molar-refractivity contribution is 6.46. The summed E-state index contributed by atoms with van der Waals surface area (Å²) in [4.78, 5) is 26.6. The number of aliphatic hydroxyl groups excluding tert-OH is 1. The third-order valence-corrected chi connectivity index (χ3v) is 5.38. The maximum Gasteiger partial charge on any atom is 0.295 e. The molecule has 0 radical (unpaired) electrons. The van der Waals surface area contributed by atoms with Gasteiger partial charge in [0.05, 0.1) is 24.3 Å². The Hall–Kier alpha value is -3.08. The molecule has 5 nitrogen and oxygen atoms in total. The zero-order valence-corrected chi connectivity index (χ0v) is 17.7. The maximum atomic E-state index is 12.8. The zero-order chi connectivity index (χ0) is 21.5. The van der Waals surface area contributed by atoms with Gasteiger partial charge in [0.2, 0.25) is 0 Å². The molecule has 1 amide bonds. The van der Waals surface area contributed by atoms with E-state index in [1.165, 1.54) is 12.0 Å². The molecule has 0 saturated carbocycles. The Morgan fingerprint density at radius 1 is 1.07 bits per heavy atom. The molecule has 1 aliphatic heterocycles. The number of aryl methyl sites for hydroxylation is 1. The fourth-order valence-corrected chi connectivity index (χ4v) is 3.66. The van der Waals surface area contributed by atoms with Crippen LogP contribution < -0.4 is 4.74 Å². The standard InChI is InChI=1S/C24H27NO4/c1-14-7-12-18(29-6)17(13-14)21(26)19-20(25(5)23(28)22(19)27)15-8-10-16(11-9-15)24(2,3)4/h7-13,20,26H,1-6H3/b21-19+. The van der Waals surface area contributed by atoms with Gasteiger partial charge in [0, 0.05) is 7.05 Å². The third-order valence-electron chi connectivity index (χ3n) is 5.38. The molecule has 0 aromatic heterocycles. The van der Waals surface area contributed by atoms with Crippen LogP contribution in [0.3, 0.4) is 0 Å². The average molecular weight is 393 g/mol. The molecule has 1 heterocycles. The van der Waals surface area contributed by atoms with Crippen LogP contribution in [0.25, 0.3) is 5.76 Å². The summed E-state index contributed by atoms with van der Waals surface area (Å²) in [7, 11) is 3.08. The summed E-state index contributed by atoms with van der Waals surface area (Å²) in [5.41, 5.74) is 3.29. The Morgan fingerprint density at radius 3 is 2.24 bits per heavy atom. The lowest BCUT2D eigenvalue weighted by Gasteiger charge is -2.23. The van der Waals surface area contributed by atoms with Gasteiger partial charge in [-0.05, 0) is 35.6 Å². The van der Waals surface area contributed by atoms with E-state index in [-0.39, 0.29) is 16.7 Å². The van der Waals surface area contributed by atoms with E-state index in [0.29, 0.717) is 11.3 Å². The molecule has 0 spiro atoms. The van der Waals surface area contributed by atoms with Crippen LogP contribution in [0.4, 0.5) is 0 Å². The van der Waals surface area contributed by atoms with Crippen LogP contribution in [0.1, 0.15) is 49.1 Å². The fraction of sp³-hybridized carbons (Fsp3) is 0.333. The lowest BCUT2D eigenvalue weighted by Crippen LogP contribution is -2.25. The van der Waals surface area contributed by atoms with Crippen molar-refractivity contribution < 1.29 is 19.4 Å². The van der Waals surface area contributed by atoms with Gasteiger partial charge in [0.1, 0.15) is 11.5 Å². The smallest absolute Gasteiger partial charge is 0.295 e. The number of aliphatic hydroxyl groups is 1. The van der Waals surface area contributed by atoms with Gasteiger partial charge in [-0.15, -0.1) is 0 Å². The second kappa shape index (κ2) is 7.39. The first kappa shape index (κ1) is 20.6. The molecule has 1 aliphatic rings. The van der Waals surface area contributed by atoms with Gasteiger partial charge >= 0.3 is 0 Å². The summed E-state index contributed by atoms with van der Waals surface area (Å²) < 4.78 is 5.36. The summed E-state index contributed by atoms with van der Waals surface area (Å²) >= 11 is 0. The van der Waals surface area contributed by atoms with Crippen molar-refractivity contribution in [2.45, 2.75) is 39.2 Å². The minimum Gasteiger partial charge on any atom is -0.507 e. The molecule has 1 unspecified atom stereocenters. The van der Waals surface area contributed by atoms with Crippen LogP contribution in [0.2, 0.25) is 0 Å². The number of hydrogen-bond acceptors (Lipinski definition) is 4. The van der Waals surface area contributed by atoms with Crippen molar-refractivity contribution >= 4 is 17.4 Å². The predicted octanol–water partition coefficient (Wildman–Crippen LogP) is 4.35. The van der Waals surface area contributed by atoms with E-state index in [1.807, 2.05) is 37.3 Å². The lowest BCUT2D eigenvalue weighted by molar-refractivity contribution is -0.139. The molecule has 1 fully saturated rings. The molecule has 2 aromatic carbocycles. The first-order valence-corrected chi connectivity index (χ1v) is 9.56. The van der Waals surface area contributed by atoms with Crippen LogP contribution in [0, 0.1) is 6.92 Å². The van der Waals surface area contributed by atoms with Gasteiger partial charge < -0.3 is 14.7 Å². The topological polar surface area (TPSA) is 66.8 Å². The Morgan fingerprint density at radius 2 is 1.69 bits per heavy atom. The molecule has 3 rings (SSSR count). The molecule has 29 heavy (non-hydrogen) atoms. The Balaban J connectivity index is 2.18. The number of hydrogen-bond donors (Lipinski definition) is 1. The SMILES string of the molecule is COc1ccc(C)cc1/C(O)=C1\C(=O)C(=O)N(C)C1c1ccc(C(C)(C)C)cc1. The molecular weight excluding hydrogens is 366 g/mol. The van der Waals surface area contributed by atoms with Crippen molar-refractivity contribution in [2.75, 3.05) is 14.2 Å². The van der Waals surface area contributed by atoms with Crippen molar-refractivity contribution in [3.63, 3.8) is 0 Å². The summed E-state index contributed by atoms with van der Waals surface area (Å²) in [5, 5.41) is 11.1. The fourth-order valence-electron chi connectivity index (χ4n) is 3.66. The second-order valence-electron chi connectivity index (χ2n) is 8.49. The molecule has 0 aliphatic carbocycles. The van der Waals surface area contributed by atoms with Gasteiger partial charge in [0.15, 0.2) is 0 Å². The second-order valence-corrected chi connectivity index (χ2v) is 8.49. The summed E-state index contributed by atoms with van der Waals surface area (Å²) in [6, 6.07) is 12.5. The minimum absolute atomic E-state index is 0.0124. The van der Waals surface area contributed by atoms with Crippen LogP contribution in [-0.4, -0.2) is 35.9 Å². The number of carbonyl (C=O) groups excluding carboxylic acids is 2. The normalized spacial score (nSPS) is 19.0. The van der Waals surface area contributed by atoms with E-state index in [1.54, 1.807) is 19.2 Å². The van der Waals surface area contributed by atoms with E-state index < -0.39 is 17.7 Å². The zero-order valence-electron chi connectivity index (χ0n) is 17.7. The number of likely N-dealkylation sites (N-methyl/N-ethyl adjacent to an activating group) is 1. The van der Waals surface area contributed by atoms with E-state index >= 15 is 0 Å².